The van der Waals surface area contributed by atoms with E-state index in [0.717, 1.165) is 6.20 Å². The summed E-state index contributed by atoms with van der Waals surface area (Å²) in [5.41, 5.74) is -0.975. The summed E-state index contributed by atoms with van der Waals surface area (Å²) < 4.78 is 26.7. The smallest absolute Gasteiger partial charge is 0.340 e. The fraction of sp³-hybridized carbons (Fsp3) is 0.600. The topological polar surface area (TPSA) is 112 Å². The summed E-state index contributed by atoms with van der Waals surface area (Å²) in [5.74, 6) is -1.33. The number of carboxylic acids is 1. The zero-order valence-electron chi connectivity index (χ0n) is 10.5. The summed E-state index contributed by atoms with van der Waals surface area (Å²) in [5, 5.41) is 14.1. The number of aromatic amines is 1. The molecule has 102 valence electrons. The second-order valence-corrected chi connectivity index (χ2v) is 5.91. The van der Waals surface area contributed by atoms with Crippen molar-refractivity contribution < 1.29 is 18.3 Å². The molecule has 0 amide bonds. The first-order valence-electron chi connectivity index (χ1n) is 5.56. The van der Waals surface area contributed by atoms with Gasteiger partial charge < -0.3 is 5.11 Å². The van der Waals surface area contributed by atoms with Crippen LogP contribution in [0.1, 0.15) is 44.0 Å². The van der Waals surface area contributed by atoms with Gasteiger partial charge in [0.25, 0.3) is 10.0 Å². The molecule has 0 aliphatic carbocycles. The third-order valence-electron chi connectivity index (χ3n) is 3.04. The lowest BCUT2D eigenvalue weighted by molar-refractivity contribution is 0.0692. The van der Waals surface area contributed by atoms with Crippen molar-refractivity contribution in [1.82, 2.24) is 14.9 Å². The van der Waals surface area contributed by atoms with E-state index in [9.17, 15) is 13.2 Å². The number of hydrogen-bond donors (Lipinski definition) is 3. The lowest BCUT2D eigenvalue weighted by atomic mass is 9.98. The van der Waals surface area contributed by atoms with Crippen molar-refractivity contribution in [1.29, 1.82) is 0 Å². The van der Waals surface area contributed by atoms with Crippen molar-refractivity contribution in [3.8, 4) is 0 Å². The predicted molar refractivity (Wildman–Crippen MR) is 64.9 cm³/mol. The number of carboxylic acid groups (broad SMARTS) is 1. The van der Waals surface area contributed by atoms with Crippen LogP contribution in [-0.2, 0) is 10.0 Å². The lowest BCUT2D eigenvalue weighted by Crippen LogP contribution is -2.45. The van der Waals surface area contributed by atoms with Crippen molar-refractivity contribution in [3.63, 3.8) is 0 Å². The first-order chi connectivity index (χ1) is 8.25. The van der Waals surface area contributed by atoms with E-state index in [1.165, 1.54) is 0 Å². The Morgan fingerprint density at radius 1 is 1.50 bits per heavy atom. The standard InChI is InChI=1S/C10H17N3O4S/c1-4-10(3,5-2)13-18(16,17)8-7(9(14)15)6-11-12-8/h6,13H,4-5H2,1-3H3,(H,11,12)(H,14,15). The lowest BCUT2D eigenvalue weighted by Gasteiger charge is -2.27. The van der Waals surface area contributed by atoms with E-state index < -0.39 is 26.6 Å². The molecule has 0 saturated heterocycles. The molecular formula is C10H17N3O4S. The third kappa shape index (κ3) is 2.88. The van der Waals surface area contributed by atoms with Gasteiger partial charge in [0.15, 0.2) is 5.03 Å². The highest BCUT2D eigenvalue weighted by atomic mass is 32.2. The monoisotopic (exact) mass is 275 g/mol. The first-order valence-corrected chi connectivity index (χ1v) is 7.04. The van der Waals surface area contributed by atoms with E-state index in [1.807, 2.05) is 13.8 Å². The van der Waals surface area contributed by atoms with E-state index >= 15 is 0 Å². The molecule has 1 aromatic heterocycles. The molecule has 7 nitrogen and oxygen atoms in total. The number of rotatable bonds is 6. The van der Waals surface area contributed by atoms with Gasteiger partial charge in [0.05, 0.1) is 6.20 Å². The largest absolute Gasteiger partial charge is 0.478 e. The van der Waals surface area contributed by atoms with Gasteiger partial charge >= 0.3 is 5.97 Å². The minimum Gasteiger partial charge on any atom is -0.478 e. The van der Waals surface area contributed by atoms with Crippen molar-refractivity contribution in [2.45, 2.75) is 44.2 Å². The fourth-order valence-electron chi connectivity index (χ4n) is 1.40. The molecule has 0 unspecified atom stereocenters. The molecule has 0 radical (unpaired) electrons. The molecule has 3 N–H and O–H groups in total. The average molecular weight is 275 g/mol. The van der Waals surface area contributed by atoms with Crippen LogP contribution in [-0.4, -0.2) is 35.2 Å². The Hall–Kier alpha value is -1.41. The molecular weight excluding hydrogens is 258 g/mol. The van der Waals surface area contributed by atoms with Crippen LogP contribution < -0.4 is 4.72 Å². The van der Waals surface area contributed by atoms with E-state index in [-0.39, 0.29) is 5.56 Å². The average Bonchev–Trinajstić information content (AvgIpc) is 2.78. The molecule has 1 heterocycles. The highest BCUT2D eigenvalue weighted by molar-refractivity contribution is 7.89. The Morgan fingerprint density at radius 2 is 2.06 bits per heavy atom. The molecule has 1 rings (SSSR count). The molecule has 0 aliphatic rings. The zero-order chi connectivity index (χ0) is 14.0. The van der Waals surface area contributed by atoms with Gasteiger partial charge in [0.2, 0.25) is 0 Å². The van der Waals surface area contributed by atoms with Gasteiger partial charge in [0.1, 0.15) is 5.56 Å². The van der Waals surface area contributed by atoms with E-state index in [2.05, 4.69) is 14.9 Å². The quantitative estimate of drug-likeness (QED) is 0.716. The summed E-state index contributed by atoms with van der Waals surface area (Å²) in [6.07, 6.45) is 2.17. The molecule has 18 heavy (non-hydrogen) atoms. The fourth-order valence-corrected chi connectivity index (χ4v) is 3.04. The molecule has 0 atom stereocenters. The number of aromatic nitrogens is 2. The number of sulfonamides is 1. The Kier molecular flexibility index (Phi) is 4.12. The van der Waals surface area contributed by atoms with Gasteiger partial charge in [-0.2, -0.15) is 5.10 Å². The highest BCUT2D eigenvalue weighted by Crippen LogP contribution is 2.19. The molecule has 1 aromatic rings. The number of nitrogens with zero attached hydrogens (tertiary/aromatic N) is 1. The minimum atomic E-state index is -3.92. The summed E-state index contributed by atoms with van der Waals surface area (Å²) in [6, 6.07) is 0. The van der Waals surface area contributed by atoms with Gasteiger partial charge in [0, 0.05) is 5.54 Å². The maximum Gasteiger partial charge on any atom is 0.340 e. The Bertz CT molecular complexity index is 531. The van der Waals surface area contributed by atoms with E-state index in [0.29, 0.717) is 12.8 Å². The van der Waals surface area contributed by atoms with E-state index in [1.54, 1.807) is 6.92 Å². The van der Waals surface area contributed by atoms with Crippen molar-refractivity contribution in [3.05, 3.63) is 11.8 Å². The summed E-state index contributed by atoms with van der Waals surface area (Å²) in [4.78, 5) is 10.9. The summed E-state index contributed by atoms with van der Waals surface area (Å²) >= 11 is 0. The van der Waals surface area contributed by atoms with Crippen LogP contribution in [0.3, 0.4) is 0 Å². The number of hydrogen-bond acceptors (Lipinski definition) is 4. The van der Waals surface area contributed by atoms with Crippen LogP contribution in [0.5, 0.6) is 0 Å². The van der Waals surface area contributed by atoms with Gasteiger partial charge in [-0.15, -0.1) is 0 Å². The number of nitrogens with one attached hydrogen (secondary N) is 2. The normalized spacial score (nSPS) is 12.6. The van der Waals surface area contributed by atoms with Crippen LogP contribution >= 0.6 is 0 Å². The van der Waals surface area contributed by atoms with Gasteiger partial charge in [-0.05, 0) is 19.8 Å². The maximum absolute atomic E-state index is 12.1. The van der Waals surface area contributed by atoms with Crippen LogP contribution in [0.25, 0.3) is 0 Å². The zero-order valence-corrected chi connectivity index (χ0v) is 11.3. The second-order valence-electron chi connectivity index (χ2n) is 4.29. The first kappa shape index (κ1) is 14.7. The maximum atomic E-state index is 12.1. The van der Waals surface area contributed by atoms with Crippen molar-refractivity contribution in [2.24, 2.45) is 0 Å². The Labute approximate surface area is 106 Å². The van der Waals surface area contributed by atoms with Crippen LogP contribution in [0.2, 0.25) is 0 Å². The minimum absolute atomic E-state index is 0.364. The number of aromatic carboxylic acids is 1. The number of carbonyl (C=O) groups is 1. The molecule has 8 heteroatoms. The molecule has 0 bridgehead atoms. The highest BCUT2D eigenvalue weighted by Gasteiger charge is 2.31. The predicted octanol–water partition coefficient (Wildman–Crippen LogP) is 0.965. The van der Waals surface area contributed by atoms with Gasteiger partial charge in [-0.1, -0.05) is 13.8 Å². The van der Waals surface area contributed by atoms with E-state index in [4.69, 9.17) is 5.11 Å². The SMILES string of the molecule is CCC(C)(CC)NS(=O)(=O)c1[nH]ncc1C(=O)O. The van der Waals surface area contributed by atoms with Crippen molar-refractivity contribution >= 4 is 16.0 Å². The van der Waals surface area contributed by atoms with Gasteiger partial charge in [-0.25, -0.2) is 17.9 Å². The Balaban J connectivity index is 3.15. The summed E-state index contributed by atoms with van der Waals surface area (Å²) in [7, 11) is -3.92. The second kappa shape index (κ2) is 5.07. The molecule has 0 spiro atoms. The Morgan fingerprint density at radius 3 is 2.50 bits per heavy atom. The third-order valence-corrected chi connectivity index (χ3v) is 4.66. The van der Waals surface area contributed by atoms with Crippen LogP contribution in [0.15, 0.2) is 11.2 Å². The molecule has 0 saturated carbocycles. The molecule has 0 fully saturated rings. The number of H-pyrrole nitrogens is 1. The van der Waals surface area contributed by atoms with Crippen LogP contribution in [0.4, 0.5) is 0 Å². The van der Waals surface area contributed by atoms with Crippen LogP contribution in [0, 0.1) is 0 Å². The molecule has 0 aliphatic heterocycles. The van der Waals surface area contributed by atoms with Crippen molar-refractivity contribution in [2.75, 3.05) is 0 Å². The molecule has 0 aromatic carbocycles. The van der Waals surface area contributed by atoms with Gasteiger partial charge in [-0.3, -0.25) is 5.10 Å². The summed E-state index contributed by atoms with van der Waals surface area (Å²) in [6.45, 7) is 5.48.